The fraction of sp³-hybridized carbons (Fsp3) is 0.333. The smallest absolute Gasteiger partial charge is 0.120 e. The van der Waals surface area contributed by atoms with Crippen molar-refractivity contribution in [1.29, 1.82) is 0 Å². The Bertz CT molecular complexity index is 610. The van der Waals surface area contributed by atoms with Crippen LogP contribution >= 0.6 is 15.9 Å². The maximum absolute atomic E-state index is 5.80. The van der Waals surface area contributed by atoms with Gasteiger partial charge in [-0.25, -0.2) is 0 Å². The predicted octanol–water partition coefficient (Wildman–Crippen LogP) is 4.85. The van der Waals surface area contributed by atoms with Crippen LogP contribution in [0.1, 0.15) is 36.6 Å². The molecule has 1 unspecified atom stereocenters. The molecule has 0 heterocycles. The highest BCUT2D eigenvalue weighted by atomic mass is 79.9. The summed E-state index contributed by atoms with van der Waals surface area (Å²) >= 11 is 3.52. The molecule has 2 aromatic rings. The van der Waals surface area contributed by atoms with Gasteiger partial charge in [0.15, 0.2) is 0 Å². The van der Waals surface area contributed by atoms with Crippen molar-refractivity contribution in [3.8, 4) is 5.75 Å². The van der Waals surface area contributed by atoms with Gasteiger partial charge >= 0.3 is 0 Å². The van der Waals surface area contributed by atoms with Crippen LogP contribution in [0.25, 0.3) is 0 Å². The molecule has 2 nitrogen and oxygen atoms in total. The average Bonchev–Trinajstić information content (AvgIpc) is 2.41. The van der Waals surface area contributed by atoms with E-state index in [9.17, 15) is 0 Å². The molecule has 0 radical (unpaired) electrons. The molecule has 2 aromatic carbocycles. The van der Waals surface area contributed by atoms with Crippen molar-refractivity contribution in [2.75, 3.05) is 7.05 Å². The summed E-state index contributed by atoms with van der Waals surface area (Å²) in [6.07, 6.45) is 0.183. The minimum absolute atomic E-state index is 0.161. The molecule has 0 saturated heterocycles. The van der Waals surface area contributed by atoms with Gasteiger partial charge in [0.2, 0.25) is 0 Å². The van der Waals surface area contributed by atoms with Crippen LogP contribution in [0, 0.1) is 6.92 Å². The first-order valence-electron chi connectivity index (χ1n) is 7.21. The monoisotopic (exact) mass is 347 g/mol. The van der Waals surface area contributed by atoms with Crippen molar-refractivity contribution in [1.82, 2.24) is 5.32 Å². The Morgan fingerprint density at radius 1 is 1.10 bits per heavy atom. The second-order valence-electron chi connectivity index (χ2n) is 5.46. The molecule has 21 heavy (non-hydrogen) atoms. The van der Waals surface area contributed by atoms with Gasteiger partial charge in [0.25, 0.3) is 0 Å². The summed E-state index contributed by atoms with van der Waals surface area (Å²) in [4.78, 5) is 0. The summed E-state index contributed by atoms with van der Waals surface area (Å²) in [5.74, 6) is 0.914. The first kappa shape index (κ1) is 16.1. The van der Waals surface area contributed by atoms with Gasteiger partial charge < -0.3 is 10.1 Å². The van der Waals surface area contributed by atoms with Crippen molar-refractivity contribution in [2.24, 2.45) is 0 Å². The predicted molar refractivity (Wildman–Crippen MR) is 92.0 cm³/mol. The van der Waals surface area contributed by atoms with Crippen molar-refractivity contribution < 1.29 is 4.74 Å². The molecule has 3 heteroatoms. The number of aryl methyl sites for hydroxylation is 1. The van der Waals surface area contributed by atoms with Crippen LogP contribution in [-0.2, 0) is 0 Å². The third kappa shape index (κ3) is 4.08. The fourth-order valence-electron chi connectivity index (χ4n) is 2.50. The second-order valence-corrected chi connectivity index (χ2v) is 6.38. The molecule has 2 rings (SSSR count). The van der Waals surface area contributed by atoms with Crippen molar-refractivity contribution in [3.63, 3.8) is 0 Å². The van der Waals surface area contributed by atoms with Crippen molar-refractivity contribution in [2.45, 2.75) is 32.9 Å². The van der Waals surface area contributed by atoms with E-state index in [-0.39, 0.29) is 12.1 Å². The molecule has 0 aromatic heterocycles. The Labute approximate surface area is 135 Å². The average molecular weight is 348 g/mol. The molecule has 0 saturated carbocycles. The van der Waals surface area contributed by atoms with Gasteiger partial charge in [-0.3, -0.25) is 0 Å². The van der Waals surface area contributed by atoms with Crippen LogP contribution in [0.15, 0.2) is 46.9 Å². The molecule has 0 aliphatic heterocycles. The number of nitrogens with one attached hydrogen (secondary N) is 1. The van der Waals surface area contributed by atoms with Gasteiger partial charge in [-0.15, -0.1) is 0 Å². The Balaban J connectivity index is 2.37. The number of halogens is 1. The lowest BCUT2D eigenvalue weighted by Gasteiger charge is -2.21. The van der Waals surface area contributed by atoms with Crippen LogP contribution in [0.5, 0.6) is 5.75 Å². The van der Waals surface area contributed by atoms with E-state index < -0.39 is 0 Å². The van der Waals surface area contributed by atoms with Gasteiger partial charge in [-0.2, -0.15) is 0 Å². The summed E-state index contributed by atoms with van der Waals surface area (Å²) in [5, 5.41) is 3.40. The number of hydrogen-bond donors (Lipinski definition) is 1. The minimum Gasteiger partial charge on any atom is -0.491 e. The minimum atomic E-state index is 0.161. The number of rotatable bonds is 5. The van der Waals surface area contributed by atoms with Gasteiger partial charge in [0.05, 0.1) is 12.1 Å². The summed E-state index contributed by atoms with van der Waals surface area (Å²) < 4.78 is 6.91. The lowest BCUT2D eigenvalue weighted by molar-refractivity contribution is 0.242. The molecule has 1 N–H and O–H groups in total. The van der Waals surface area contributed by atoms with E-state index in [0.29, 0.717) is 0 Å². The topological polar surface area (TPSA) is 21.3 Å². The van der Waals surface area contributed by atoms with E-state index in [1.165, 1.54) is 16.7 Å². The standard InChI is InChI=1S/C18H22BrNO/c1-12(2)21-16-7-5-6-14(11-16)18(20-4)17-9-8-15(19)10-13(17)3/h5-12,18,20H,1-4H3. The first-order valence-corrected chi connectivity index (χ1v) is 8.00. The highest BCUT2D eigenvalue weighted by Gasteiger charge is 2.15. The van der Waals surface area contributed by atoms with E-state index in [0.717, 1.165) is 10.2 Å². The highest BCUT2D eigenvalue weighted by Crippen LogP contribution is 2.29. The van der Waals surface area contributed by atoms with Crippen LogP contribution < -0.4 is 10.1 Å². The number of hydrogen-bond acceptors (Lipinski definition) is 2. The summed E-state index contributed by atoms with van der Waals surface area (Å²) in [5.41, 5.74) is 3.75. The normalized spacial score (nSPS) is 12.5. The molecule has 0 aliphatic rings. The van der Waals surface area contributed by atoms with E-state index in [2.05, 4.69) is 58.5 Å². The summed E-state index contributed by atoms with van der Waals surface area (Å²) in [6, 6.07) is 14.9. The number of ether oxygens (including phenoxy) is 1. The van der Waals surface area contributed by atoms with Crippen molar-refractivity contribution >= 4 is 15.9 Å². The zero-order valence-corrected chi connectivity index (χ0v) is 14.6. The second kappa shape index (κ2) is 7.10. The Hall–Kier alpha value is -1.32. The summed E-state index contributed by atoms with van der Waals surface area (Å²) in [7, 11) is 1.99. The van der Waals surface area contributed by atoms with Crippen LogP contribution in [0.2, 0.25) is 0 Å². The van der Waals surface area contributed by atoms with E-state index in [1.54, 1.807) is 0 Å². The summed E-state index contributed by atoms with van der Waals surface area (Å²) in [6.45, 7) is 6.22. The zero-order valence-electron chi connectivity index (χ0n) is 13.0. The largest absolute Gasteiger partial charge is 0.491 e. The third-order valence-corrected chi connectivity index (χ3v) is 3.89. The van der Waals surface area contributed by atoms with Crippen LogP contribution in [0.4, 0.5) is 0 Å². The van der Waals surface area contributed by atoms with E-state index >= 15 is 0 Å². The lowest BCUT2D eigenvalue weighted by Crippen LogP contribution is -2.19. The Morgan fingerprint density at radius 3 is 2.48 bits per heavy atom. The van der Waals surface area contributed by atoms with Gasteiger partial charge in [0, 0.05) is 4.47 Å². The maximum Gasteiger partial charge on any atom is 0.120 e. The van der Waals surface area contributed by atoms with Crippen LogP contribution in [0.3, 0.4) is 0 Å². The van der Waals surface area contributed by atoms with Gasteiger partial charge in [0.1, 0.15) is 5.75 Å². The third-order valence-electron chi connectivity index (χ3n) is 3.39. The first-order chi connectivity index (χ1) is 10.0. The number of benzene rings is 2. The molecule has 1 atom stereocenters. The maximum atomic E-state index is 5.80. The molecule has 0 aliphatic carbocycles. The molecule has 0 spiro atoms. The Kier molecular flexibility index (Phi) is 5.43. The van der Waals surface area contributed by atoms with Crippen molar-refractivity contribution in [3.05, 3.63) is 63.6 Å². The SMILES string of the molecule is CNC(c1cccc(OC(C)C)c1)c1ccc(Br)cc1C. The molecule has 0 fully saturated rings. The quantitative estimate of drug-likeness (QED) is 0.834. The van der Waals surface area contributed by atoms with E-state index in [4.69, 9.17) is 4.74 Å². The lowest BCUT2D eigenvalue weighted by atomic mass is 9.95. The van der Waals surface area contributed by atoms with Gasteiger partial charge in [-0.05, 0) is 68.8 Å². The molecule has 0 bridgehead atoms. The van der Waals surface area contributed by atoms with E-state index in [1.807, 2.05) is 33.0 Å². The molecule has 112 valence electrons. The molecular formula is C18H22BrNO. The zero-order chi connectivity index (χ0) is 15.4. The Morgan fingerprint density at radius 2 is 1.86 bits per heavy atom. The molecular weight excluding hydrogens is 326 g/mol. The highest BCUT2D eigenvalue weighted by molar-refractivity contribution is 9.10. The van der Waals surface area contributed by atoms with Gasteiger partial charge in [-0.1, -0.05) is 34.1 Å². The molecule has 0 amide bonds. The fourth-order valence-corrected chi connectivity index (χ4v) is 2.98. The van der Waals surface area contributed by atoms with Crippen LogP contribution in [-0.4, -0.2) is 13.2 Å².